The van der Waals surface area contributed by atoms with Crippen molar-refractivity contribution in [2.75, 3.05) is 6.61 Å². The minimum absolute atomic E-state index is 0.0420. The van der Waals surface area contributed by atoms with Gasteiger partial charge in [-0.15, -0.1) is 11.3 Å². The van der Waals surface area contributed by atoms with E-state index in [4.69, 9.17) is 0 Å². The van der Waals surface area contributed by atoms with Gasteiger partial charge >= 0.3 is 0 Å². The molecule has 0 saturated heterocycles. The van der Waals surface area contributed by atoms with Crippen LogP contribution in [0.2, 0.25) is 0 Å². The number of aliphatic hydroxyl groups is 1. The number of aliphatic hydroxyl groups excluding tert-OH is 1. The third-order valence-electron chi connectivity index (χ3n) is 3.30. The lowest BCUT2D eigenvalue weighted by molar-refractivity contribution is 0.213. The van der Waals surface area contributed by atoms with Gasteiger partial charge in [0.25, 0.3) is 0 Å². The Balaban J connectivity index is 2.17. The quantitative estimate of drug-likeness (QED) is 0.872. The van der Waals surface area contributed by atoms with Crippen molar-refractivity contribution in [3.05, 3.63) is 15.4 Å². The van der Waals surface area contributed by atoms with E-state index in [1.165, 1.54) is 11.3 Å². The first-order chi connectivity index (χ1) is 8.44. The van der Waals surface area contributed by atoms with E-state index in [2.05, 4.69) is 20.7 Å². The van der Waals surface area contributed by atoms with Crippen molar-refractivity contribution >= 4 is 37.3 Å². The maximum atomic E-state index is 12.2. The summed E-state index contributed by atoms with van der Waals surface area (Å²) in [6.45, 7) is 1.91. The van der Waals surface area contributed by atoms with E-state index in [1.54, 1.807) is 6.07 Å². The number of nitrogens with one attached hydrogen (secondary N) is 1. The van der Waals surface area contributed by atoms with Crippen LogP contribution in [-0.2, 0) is 10.0 Å². The Bertz CT molecular complexity index is 507. The smallest absolute Gasteiger partial charge is 0.250 e. The Morgan fingerprint density at radius 3 is 2.83 bits per heavy atom. The molecule has 2 N–H and O–H groups in total. The minimum Gasteiger partial charge on any atom is -0.396 e. The van der Waals surface area contributed by atoms with Crippen LogP contribution in [0.3, 0.4) is 0 Å². The molecule has 0 bridgehead atoms. The molecule has 0 spiro atoms. The second kappa shape index (κ2) is 5.58. The molecule has 102 valence electrons. The summed E-state index contributed by atoms with van der Waals surface area (Å²) in [5.74, 6) is 0.0456. The van der Waals surface area contributed by atoms with E-state index >= 15 is 0 Å². The van der Waals surface area contributed by atoms with E-state index in [1.807, 2.05) is 6.92 Å². The van der Waals surface area contributed by atoms with E-state index in [0.717, 1.165) is 28.6 Å². The maximum absolute atomic E-state index is 12.2. The van der Waals surface area contributed by atoms with E-state index in [0.29, 0.717) is 4.21 Å². The Morgan fingerprint density at radius 1 is 1.56 bits per heavy atom. The Kier molecular flexibility index (Phi) is 4.48. The van der Waals surface area contributed by atoms with Crippen molar-refractivity contribution in [3.8, 4) is 0 Å². The molecule has 0 aromatic carbocycles. The molecule has 4 nitrogen and oxygen atoms in total. The van der Waals surface area contributed by atoms with Gasteiger partial charge in [-0.3, -0.25) is 0 Å². The van der Waals surface area contributed by atoms with Crippen LogP contribution in [-0.4, -0.2) is 26.2 Å². The SMILES string of the molecule is Cc1cc(S(=O)(=O)NC2CCCC2CO)sc1Br. The number of hydrogen-bond donors (Lipinski definition) is 2. The average molecular weight is 354 g/mol. The lowest BCUT2D eigenvalue weighted by atomic mass is 10.1. The zero-order chi connectivity index (χ0) is 13.3. The summed E-state index contributed by atoms with van der Waals surface area (Å²) in [7, 11) is -3.46. The van der Waals surface area contributed by atoms with Crippen LogP contribution in [0.4, 0.5) is 0 Å². The first-order valence-electron chi connectivity index (χ1n) is 5.83. The summed E-state index contributed by atoms with van der Waals surface area (Å²) in [5, 5.41) is 9.21. The Morgan fingerprint density at radius 2 is 2.28 bits per heavy atom. The third kappa shape index (κ3) is 2.96. The molecule has 0 radical (unpaired) electrons. The third-order valence-corrected chi connectivity index (χ3v) is 7.40. The van der Waals surface area contributed by atoms with Gasteiger partial charge in [0.05, 0.1) is 3.79 Å². The highest BCUT2D eigenvalue weighted by Gasteiger charge is 2.31. The van der Waals surface area contributed by atoms with Crippen LogP contribution in [0.25, 0.3) is 0 Å². The fourth-order valence-corrected chi connectivity index (χ4v) is 5.81. The van der Waals surface area contributed by atoms with Gasteiger partial charge in [-0.1, -0.05) is 6.42 Å². The van der Waals surface area contributed by atoms with Crippen LogP contribution in [0.5, 0.6) is 0 Å². The summed E-state index contributed by atoms with van der Waals surface area (Å²) in [5.41, 5.74) is 0.922. The topological polar surface area (TPSA) is 66.4 Å². The zero-order valence-electron chi connectivity index (χ0n) is 10.0. The highest BCUT2D eigenvalue weighted by Crippen LogP contribution is 2.32. The van der Waals surface area contributed by atoms with Gasteiger partial charge in [0.2, 0.25) is 10.0 Å². The van der Waals surface area contributed by atoms with Crippen molar-refractivity contribution in [1.82, 2.24) is 4.72 Å². The Hall–Kier alpha value is 0.0500. The van der Waals surface area contributed by atoms with Gasteiger partial charge in [-0.2, -0.15) is 0 Å². The number of rotatable bonds is 4. The molecule has 1 aliphatic rings. The van der Waals surface area contributed by atoms with Gasteiger partial charge in [0, 0.05) is 12.6 Å². The number of halogens is 1. The molecular weight excluding hydrogens is 338 g/mol. The largest absolute Gasteiger partial charge is 0.396 e. The molecule has 2 atom stereocenters. The molecule has 2 unspecified atom stereocenters. The molecule has 1 aromatic rings. The predicted molar refractivity (Wildman–Crippen MR) is 75.3 cm³/mol. The fraction of sp³-hybridized carbons (Fsp3) is 0.636. The van der Waals surface area contributed by atoms with Crippen molar-refractivity contribution in [2.45, 2.75) is 36.4 Å². The molecular formula is C11H16BrNO3S2. The van der Waals surface area contributed by atoms with Crippen LogP contribution in [0, 0.1) is 12.8 Å². The zero-order valence-corrected chi connectivity index (χ0v) is 13.2. The fourth-order valence-electron chi connectivity index (χ4n) is 2.23. The van der Waals surface area contributed by atoms with Gasteiger partial charge in [-0.05, 0) is 53.2 Å². The second-order valence-electron chi connectivity index (χ2n) is 4.62. The van der Waals surface area contributed by atoms with Crippen LogP contribution in [0.1, 0.15) is 24.8 Å². The normalized spacial score (nSPS) is 24.6. The van der Waals surface area contributed by atoms with Crippen molar-refractivity contribution in [3.63, 3.8) is 0 Å². The molecule has 1 heterocycles. The lowest BCUT2D eigenvalue weighted by Crippen LogP contribution is -2.38. The van der Waals surface area contributed by atoms with Gasteiger partial charge < -0.3 is 5.11 Å². The molecule has 2 rings (SSSR count). The Labute approximate surface area is 120 Å². The van der Waals surface area contributed by atoms with Crippen molar-refractivity contribution in [2.24, 2.45) is 5.92 Å². The monoisotopic (exact) mass is 353 g/mol. The van der Waals surface area contributed by atoms with Gasteiger partial charge in [-0.25, -0.2) is 13.1 Å². The molecule has 1 aromatic heterocycles. The second-order valence-corrected chi connectivity index (χ2v) is 8.93. The van der Waals surface area contributed by atoms with Crippen LogP contribution >= 0.6 is 27.3 Å². The van der Waals surface area contributed by atoms with E-state index in [9.17, 15) is 13.5 Å². The molecule has 0 aliphatic heterocycles. The number of aryl methyl sites for hydroxylation is 1. The highest BCUT2D eigenvalue weighted by atomic mass is 79.9. The van der Waals surface area contributed by atoms with E-state index in [-0.39, 0.29) is 18.6 Å². The summed E-state index contributed by atoms with van der Waals surface area (Å²) < 4.78 is 28.3. The molecule has 7 heteroatoms. The standard InChI is InChI=1S/C11H16BrNO3S2/c1-7-5-10(17-11(7)12)18(15,16)13-9-4-2-3-8(9)6-14/h5,8-9,13-14H,2-4,6H2,1H3. The van der Waals surface area contributed by atoms with Crippen molar-refractivity contribution < 1.29 is 13.5 Å². The van der Waals surface area contributed by atoms with Gasteiger partial charge in [0.15, 0.2) is 0 Å². The minimum atomic E-state index is -3.46. The summed E-state index contributed by atoms with van der Waals surface area (Å²) in [6, 6.07) is 1.53. The summed E-state index contributed by atoms with van der Waals surface area (Å²) in [4.78, 5) is 0. The summed E-state index contributed by atoms with van der Waals surface area (Å²) >= 11 is 4.55. The van der Waals surface area contributed by atoms with Crippen LogP contribution in [0.15, 0.2) is 14.1 Å². The number of hydrogen-bond acceptors (Lipinski definition) is 4. The first kappa shape index (κ1) is 14.5. The van der Waals surface area contributed by atoms with Crippen LogP contribution < -0.4 is 4.72 Å². The molecule has 1 fully saturated rings. The van der Waals surface area contributed by atoms with Crippen molar-refractivity contribution in [1.29, 1.82) is 0 Å². The lowest BCUT2D eigenvalue weighted by Gasteiger charge is -2.18. The molecule has 1 saturated carbocycles. The predicted octanol–water partition coefficient (Wildman–Crippen LogP) is 2.26. The van der Waals surface area contributed by atoms with E-state index < -0.39 is 10.0 Å². The van der Waals surface area contributed by atoms with Gasteiger partial charge in [0.1, 0.15) is 4.21 Å². The summed E-state index contributed by atoms with van der Waals surface area (Å²) in [6.07, 6.45) is 2.65. The average Bonchev–Trinajstić information content (AvgIpc) is 2.86. The highest BCUT2D eigenvalue weighted by molar-refractivity contribution is 9.11. The molecule has 0 amide bonds. The first-order valence-corrected chi connectivity index (χ1v) is 8.92. The maximum Gasteiger partial charge on any atom is 0.250 e. The number of sulfonamides is 1. The molecule has 18 heavy (non-hydrogen) atoms. The number of thiophene rings is 1. The molecule has 1 aliphatic carbocycles.